The van der Waals surface area contributed by atoms with Crippen LogP contribution in [0.3, 0.4) is 0 Å². The minimum Gasteiger partial charge on any atom is -0.374 e. The summed E-state index contributed by atoms with van der Waals surface area (Å²) in [7, 11) is 0. The van der Waals surface area contributed by atoms with Crippen LogP contribution in [0.4, 0.5) is 0 Å². The lowest BCUT2D eigenvalue weighted by Crippen LogP contribution is -2.48. The van der Waals surface area contributed by atoms with Gasteiger partial charge in [0.1, 0.15) is 0 Å². The Hall–Kier alpha value is -0.160. The van der Waals surface area contributed by atoms with Crippen LogP contribution in [0.25, 0.3) is 0 Å². The molecular weight excluding hydrogens is 346 g/mol. The molecule has 4 heteroatoms. The smallest absolute Gasteiger partial charge is 0.0719 e. The first-order chi connectivity index (χ1) is 13.7. The highest BCUT2D eigenvalue weighted by atomic mass is 16.5. The van der Waals surface area contributed by atoms with E-state index in [9.17, 15) is 0 Å². The van der Waals surface area contributed by atoms with Crippen molar-refractivity contribution >= 4 is 0 Å². The van der Waals surface area contributed by atoms with Crippen molar-refractivity contribution in [2.45, 2.75) is 99.1 Å². The zero-order valence-electron chi connectivity index (χ0n) is 20.6. The fourth-order valence-electron chi connectivity index (χ4n) is 4.39. The molecule has 0 aliphatic carbocycles. The van der Waals surface area contributed by atoms with Gasteiger partial charge in [-0.25, -0.2) is 0 Å². The van der Waals surface area contributed by atoms with Crippen LogP contribution in [0.5, 0.6) is 0 Å². The molecule has 1 N–H and O–H groups in total. The third kappa shape index (κ3) is 9.56. The van der Waals surface area contributed by atoms with Crippen LogP contribution in [0.2, 0.25) is 0 Å². The maximum Gasteiger partial charge on any atom is 0.0719 e. The minimum absolute atomic E-state index is 0.189. The van der Waals surface area contributed by atoms with E-state index >= 15 is 0 Å². The Morgan fingerprint density at radius 3 is 1.93 bits per heavy atom. The Morgan fingerprint density at radius 2 is 1.39 bits per heavy atom. The van der Waals surface area contributed by atoms with Gasteiger partial charge in [0.05, 0.1) is 12.2 Å². The zero-order chi connectivity index (χ0) is 21.4. The number of likely N-dealkylation sites (tertiary alicyclic amines) is 1. The molecule has 0 atom stereocenters. The van der Waals surface area contributed by atoms with Crippen LogP contribution >= 0.6 is 0 Å². The molecule has 0 aromatic heterocycles. The molecule has 3 fully saturated rings. The normalized spacial score (nSPS) is 23.5. The van der Waals surface area contributed by atoms with Gasteiger partial charge < -0.3 is 19.9 Å². The Morgan fingerprint density at radius 1 is 0.857 bits per heavy atom. The van der Waals surface area contributed by atoms with Gasteiger partial charge in [0.25, 0.3) is 0 Å². The largest absolute Gasteiger partial charge is 0.374 e. The van der Waals surface area contributed by atoms with Crippen molar-refractivity contribution in [3.05, 3.63) is 0 Å². The first-order valence-corrected chi connectivity index (χ1v) is 12.5. The summed E-state index contributed by atoms with van der Waals surface area (Å²) in [6, 6.07) is 0.680. The zero-order valence-corrected chi connectivity index (χ0v) is 20.6. The summed E-state index contributed by atoms with van der Waals surface area (Å²) in [5, 5.41) is 3.48. The summed E-state index contributed by atoms with van der Waals surface area (Å²) < 4.78 is 6.40. The number of hydrogen-bond donors (Lipinski definition) is 1. The second kappa shape index (κ2) is 16.6. The average molecular weight is 400 g/mol. The quantitative estimate of drug-likeness (QED) is 0.720. The Kier molecular flexibility index (Phi) is 16.5. The summed E-state index contributed by atoms with van der Waals surface area (Å²) in [6.45, 7) is 26.1. The third-order valence-electron chi connectivity index (χ3n) is 6.11. The molecule has 3 aliphatic heterocycles. The molecule has 3 aliphatic rings. The fourth-order valence-corrected chi connectivity index (χ4v) is 4.39. The van der Waals surface area contributed by atoms with Crippen molar-refractivity contribution in [1.29, 1.82) is 0 Å². The van der Waals surface area contributed by atoms with Crippen LogP contribution < -0.4 is 5.32 Å². The molecule has 4 nitrogen and oxygen atoms in total. The van der Waals surface area contributed by atoms with Gasteiger partial charge in [-0.3, -0.25) is 0 Å². The van der Waals surface area contributed by atoms with E-state index in [1.807, 2.05) is 41.5 Å². The summed E-state index contributed by atoms with van der Waals surface area (Å²) in [6.07, 6.45) is 6.40. The number of nitrogens with zero attached hydrogens (tertiary/aromatic N) is 2. The molecule has 1 spiro atoms. The predicted octanol–water partition coefficient (Wildman–Crippen LogP) is 5.03. The van der Waals surface area contributed by atoms with Crippen molar-refractivity contribution in [2.75, 3.05) is 52.4 Å². The lowest BCUT2D eigenvalue weighted by molar-refractivity contribution is -0.0815. The van der Waals surface area contributed by atoms with E-state index in [4.69, 9.17) is 4.74 Å². The van der Waals surface area contributed by atoms with Crippen LogP contribution in [0.1, 0.15) is 87.5 Å². The standard InChI is InChI=1S/C18H35N3O.3C2H6/c1-16(2)21-11-6-18(7-12-21)5-10-20(13-14-22-18)15-17-3-8-19-9-4-17;3*1-2/h16-17,19H,3-15H2,1-2H3;3*1-2H3. The van der Waals surface area contributed by atoms with E-state index in [-0.39, 0.29) is 5.60 Å². The van der Waals surface area contributed by atoms with Crippen LogP contribution in [-0.4, -0.2) is 73.9 Å². The molecule has 0 unspecified atom stereocenters. The van der Waals surface area contributed by atoms with E-state index < -0.39 is 0 Å². The van der Waals surface area contributed by atoms with Crippen LogP contribution in [-0.2, 0) is 4.74 Å². The van der Waals surface area contributed by atoms with Crippen molar-refractivity contribution in [3.8, 4) is 0 Å². The minimum atomic E-state index is 0.189. The van der Waals surface area contributed by atoms with Gasteiger partial charge in [0.15, 0.2) is 0 Å². The second-order valence-corrected chi connectivity index (χ2v) is 7.91. The maximum atomic E-state index is 6.40. The van der Waals surface area contributed by atoms with E-state index in [0.29, 0.717) is 6.04 Å². The van der Waals surface area contributed by atoms with Gasteiger partial charge in [-0.05, 0) is 65.0 Å². The summed E-state index contributed by atoms with van der Waals surface area (Å²) in [5.74, 6) is 0.901. The van der Waals surface area contributed by atoms with E-state index in [1.165, 1.54) is 71.4 Å². The van der Waals surface area contributed by atoms with Gasteiger partial charge in [-0.15, -0.1) is 0 Å². The van der Waals surface area contributed by atoms with Gasteiger partial charge in [-0.1, -0.05) is 41.5 Å². The fraction of sp³-hybridized carbons (Fsp3) is 1.00. The maximum absolute atomic E-state index is 6.40. The highest BCUT2D eigenvalue weighted by Gasteiger charge is 2.37. The van der Waals surface area contributed by atoms with Crippen molar-refractivity contribution < 1.29 is 4.74 Å². The number of ether oxygens (including phenoxy) is 1. The Labute approximate surface area is 177 Å². The predicted molar refractivity (Wildman–Crippen MR) is 125 cm³/mol. The van der Waals surface area contributed by atoms with Gasteiger partial charge in [0, 0.05) is 38.8 Å². The molecule has 0 bridgehead atoms. The molecule has 0 aromatic carbocycles. The van der Waals surface area contributed by atoms with E-state index in [2.05, 4.69) is 29.0 Å². The molecule has 0 radical (unpaired) electrons. The van der Waals surface area contributed by atoms with Crippen molar-refractivity contribution in [1.82, 2.24) is 15.1 Å². The van der Waals surface area contributed by atoms with Crippen LogP contribution in [0.15, 0.2) is 0 Å². The molecule has 0 aromatic rings. The van der Waals surface area contributed by atoms with Crippen molar-refractivity contribution in [2.24, 2.45) is 5.92 Å². The monoisotopic (exact) mass is 399 g/mol. The molecule has 0 amide bonds. The number of nitrogens with one attached hydrogen (secondary N) is 1. The topological polar surface area (TPSA) is 27.7 Å². The first-order valence-electron chi connectivity index (χ1n) is 12.5. The summed E-state index contributed by atoms with van der Waals surface area (Å²) >= 11 is 0. The molecular formula is C24H53N3O. The molecule has 3 saturated heterocycles. The average Bonchev–Trinajstić information content (AvgIpc) is 2.96. The Bertz CT molecular complexity index is 335. The Balaban J connectivity index is 0.00000111. The van der Waals surface area contributed by atoms with Gasteiger partial charge in [0.2, 0.25) is 0 Å². The lowest BCUT2D eigenvalue weighted by Gasteiger charge is -2.42. The second-order valence-electron chi connectivity index (χ2n) is 7.91. The number of piperidine rings is 2. The summed E-state index contributed by atoms with van der Waals surface area (Å²) in [5.41, 5.74) is 0.189. The molecule has 28 heavy (non-hydrogen) atoms. The molecule has 0 saturated carbocycles. The lowest BCUT2D eigenvalue weighted by atomic mass is 9.87. The van der Waals surface area contributed by atoms with Crippen molar-refractivity contribution in [3.63, 3.8) is 0 Å². The van der Waals surface area contributed by atoms with Crippen LogP contribution in [0, 0.1) is 5.92 Å². The number of hydrogen-bond acceptors (Lipinski definition) is 4. The molecule has 170 valence electrons. The highest BCUT2D eigenvalue weighted by molar-refractivity contribution is 4.91. The third-order valence-corrected chi connectivity index (χ3v) is 6.11. The molecule has 3 rings (SSSR count). The van der Waals surface area contributed by atoms with E-state index in [0.717, 1.165) is 19.1 Å². The first kappa shape index (κ1) is 27.8. The highest BCUT2D eigenvalue weighted by Crippen LogP contribution is 2.32. The van der Waals surface area contributed by atoms with Gasteiger partial charge >= 0.3 is 0 Å². The van der Waals surface area contributed by atoms with Gasteiger partial charge in [-0.2, -0.15) is 0 Å². The SMILES string of the molecule is CC.CC.CC.CC(C)N1CCC2(CCN(CC3CCNCC3)CCO2)CC1. The molecule has 3 heterocycles. The summed E-state index contributed by atoms with van der Waals surface area (Å²) in [4.78, 5) is 5.28. The number of rotatable bonds is 3. The van der Waals surface area contributed by atoms with E-state index in [1.54, 1.807) is 0 Å².